The van der Waals surface area contributed by atoms with Crippen LogP contribution in [0.2, 0.25) is 0 Å². The zero-order chi connectivity index (χ0) is 10.1. The zero-order valence-electron chi connectivity index (χ0n) is 8.57. The highest BCUT2D eigenvalue weighted by atomic mass is 16.3. The van der Waals surface area contributed by atoms with Gasteiger partial charge in [0.2, 0.25) is 5.91 Å². The normalized spacial score (nSPS) is 37.9. The number of hydrogen-bond acceptors (Lipinski definition) is 3. The molecule has 2 saturated heterocycles. The van der Waals surface area contributed by atoms with E-state index in [2.05, 4.69) is 12.2 Å². The summed E-state index contributed by atoms with van der Waals surface area (Å²) in [5, 5.41) is 12.6. The number of aliphatic hydroxyl groups excluding tert-OH is 1. The van der Waals surface area contributed by atoms with E-state index in [0.717, 1.165) is 26.1 Å². The maximum Gasteiger partial charge on any atom is 0.227 e. The van der Waals surface area contributed by atoms with Gasteiger partial charge in [-0.25, -0.2) is 0 Å². The summed E-state index contributed by atoms with van der Waals surface area (Å²) in [5.74, 6) is 0.777. The van der Waals surface area contributed by atoms with Crippen molar-refractivity contribution in [1.82, 2.24) is 10.2 Å². The van der Waals surface area contributed by atoms with Gasteiger partial charge in [-0.3, -0.25) is 4.79 Å². The molecule has 14 heavy (non-hydrogen) atoms. The van der Waals surface area contributed by atoms with Crippen LogP contribution in [0.4, 0.5) is 0 Å². The number of nitrogens with one attached hydrogen (secondary N) is 1. The highest BCUT2D eigenvalue weighted by Gasteiger charge is 2.35. The van der Waals surface area contributed by atoms with Gasteiger partial charge in [0.05, 0.1) is 12.0 Å². The van der Waals surface area contributed by atoms with E-state index in [9.17, 15) is 9.90 Å². The largest absolute Gasteiger partial charge is 0.391 e. The molecule has 0 aliphatic carbocycles. The molecule has 0 aromatic heterocycles. The van der Waals surface area contributed by atoms with Crippen LogP contribution in [0, 0.1) is 11.8 Å². The molecule has 2 aliphatic heterocycles. The predicted octanol–water partition coefficient (Wildman–Crippen LogP) is -0.565. The molecule has 2 fully saturated rings. The SMILES string of the molecule is CC1CNCC1C(=O)N1CC[C@@H](O)C1. The van der Waals surface area contributed by atoms with E-state index in [4.69, 9.17) is 0 Å². The van der Waals surface area contributed by atoms with Crippen LogP contribution < -0.4 is 5.32 Å². The van der Waals surface area contributed by atoms with Crippen molar-refractivity contribution >= 4 is 5.91 Å². The lowest BCUT2D eigenvalue weighted by Gasteiger charge is -2.21. The Morgan fingerprint density at radius 2 is 2.29 bits per heavy atom. The first kappa shape index (κ1) is 9.93. The maximum absolute atomic E-state index is 12.0. The van der Waals surface area contributed by atoms with Crippen molar-refractivity contribution in [2.24, 2.45) is 11.8 Å². The summed E-state index contributed by atoms with van der Waals surface area (Å²) >= 11 is 0. The summed E-state index contributed by atoms with van der Waals surface area (Å²) in [4.78, 5) is 13.8. The van der Waals surface area contributed by atoms with E-state index < -0.39 is 0 Å². The topological polar surface area (TPSA) is 52.6 Å². The molecule has 2 N–H and O–H groups in total. The molecule has 0 spiro atoms. The molecule has 4 nitrogen and oxygen atoms in total. The minimum absolute atomic E-state index is 0.125. The number of aliphatic hydroxyl groups is 1. The lowest BCUT2D eigenvalue weighted by Crippen LogP contribution is -2.37. The Morgan fingerprint density at radius 1 is 1.50 bits per heavy atom. The van der Waals surface area contributed by atoms with Crippen molar-refractivity contribution in [3.63, 3.8) is 0 Å². The van der Waals surface area contributed by atoms with Gasteiger partial charge in [0.1, 0.15) is 0 Å². The van der Waals surface area contributed by atoms with Gasteiger partial charge in [-0.1, -0.05) is 6.92 Å². The second-order valence-electron chi connectivity index (χ2n) is 4.47. The third-order valence-electron chi connectivity index (χ3n) is 3.31. The third-order valence-corrected chi connectivity index (χ3v) is 3.31. The van der Waals surface area contributed by atoms with Crippen molar-refractivity contribution in [1.29, 1.82) is 0 Å². The molecule has 4 heteroatoms. The van der Waals surface area contributed by atoms with Crippen molar-refractivity contribution in [3.8, 4) is 0 Å². The molecule has 1 amide bonds. The van der Waals surface area contributed by atoms with E-state index in [1.165, 1.54) is 0 Å². The Bertz CT molecular complexity index is 232. The molecule has 2 aliphatic rings. The summed E-state index contributed by atoms with van der Waals surface area (Å²) in [6.07, 6.45) is 0.434. The Hall–Kier alpha value is -0.610. The minimum Gasteiger partial charge on any atom is -0.391 e. The average Bonchev–Trinajstić information content (AvgIpc) is 2.73. The van der Waals surface area contributed by atoms with Crippen molar-refractivity contribution < 1.29 is 9.90 Å². The number of likely N-dealkylation sites (tertiary alicyclic amines) is 1. The summed E-state index contributed by atoms with van der Waals surface area (Å²) < 4.78 is 0. The van der Waals surface area contributed by atoms with Crippen LogP contribution in [-0.2, 0) is 4.79 Å². The number of β-amino-alcohol motifs (C(OH)–C–C–N with tert-alkyl or cyclic N) is 1. The highest BCUT2D eigenvalue weighted by Crippen LogP contribution is 2.21. The Labute approximate surface area is 84.3 Å². The molecular formula is C10H18N2O2. The lowest BCUT2D eigenvalue weighted by molar-refractivity contribution is -0.135. The summed E-state index contributed by atoms with van der Waals surface area (Å²) in [6.45, 7) is 5.10. The van der Waals surface area contributed by atoms with Crippen LogP contribution in [0.5, 0.6) is 0 Å². The highest BCUT2D eigenvalue weighted by molar-refractivity contribution is 5.80. The smallest absolute Gasteiger partial charge is 0.227 e. The summed E-state index contributed by atoms with van der Waals surface area (Å²) in [7, 11) is 0. The van der Waals surface area contributed by atoms with E-state index in [1.54, 1.807) is 4.90 Å². The number of hydrogen-bond donors (Lipinski definition) is 2. The molecule has 0 radical (unpaired) electrons. The van der Waals surface area contributed by atoms with Crippen LogP contribution in [0.15, 0.2) is 0 Å². The van der Waals surface area contributed by atoms with Gasteiger partial charge in [-0.05, 0) is 18.9 Å². The second-order valence-corrected chi connectivity index (χ2v) is 4.47. The second kappa shape index (κ2) is 3.87. The number of carbonyl (C=O) groups excluding carboxylic acids is 1. The fraction of sp³-hybridized carbons (Fsp3) is 0.900. The molecule has 0 bridgehead atoms. The monoisotopic (exact) mass is 198 g/mol. The van der Waals surface area contributed by atoms with Crippen LogP contribution in [-0.4, -0.2) is 48.2 Å². The van der Waals surface area contributed by atoms with Gasteiger partial charge >= 0.3 is 0 Å². The Kier molecular flexibility index (Phi) is 2.74. The van der Waals surface area contributed by atoms with Crippen LogP contribution in [0.3, 0.4) is 0 Å². The molecule has 2 rings (SSSR count). The van der Waals surface area contributed by atoms with Crippen molar-refractivity contribution in [2.45, 2.75) is 19.4 Å². The molecule has 0 saturated carbocycles. The van der Waals surface area contributed by atoms with E-state index in [1.807, 2.05) is 0 Å². The van der Waals surface area contributed by atoms with Gasteiger partial charge < -0.3 is 15.3 Å². The van der Waals surface area contributed by atoms with Gasteiger partial charge in [-0.15, -0.1) is 0 Å². The van der Waals surface area contributed by atoms with E-state index in [-0.39, 0.29) is 17.9 Å². The molecule has 80 valence electrons. The fourth-order valence-corrected chi connectivity index (χ4v) is 2.32. The van der Waals surface area contributed by atoms with E-state index >= 15 is 0 Å². The fourth-order valence-electron chi connectivity index (χ4n) is 2.32. The number of amides is 1. The third kappa shape index (κ3) is 1.77. The number of carbonyl (C=O) groups is 1. The van der Waals surface area contributed by atoms with Crippen molar-refractivity contribution in [2.75, 3.05) is 26.2 Å². The number of rotatable bonds is 1. The zero-order valence-corrected chi connectivity index (χ0v) is 8.57. The van der Waals surface area contributed by atoms with Crippen LogP contribution in [0.1, 0.15) is 13.3 Å². The van der Waals surface area contributed by atoms with Crippen molar-refractivity contribution in [3.05, 3.63) is 0 Å². The molecule has 0 aromatic rings. The lowest BCUT2D eigenvalue weighted by atomic mass is 9.97. The van der Waals surface area contributed by atoms with Gasteiger partial charge in [-0.2, -0.15) is 0 Å². The first-order valence-corrected chi connectivity index (χ1v) is 5.36. The molecular weight excluding hydrogens is 180 g/mol. The minimum atomic E-state index is -0.302. The van der Waals surface area contributed by atoms with Gasteiger partial charge in [0.15, 0.2) is 0 Å². The molecule has 0 aromatic carbocycles. The predicted molar refractivity (Wildman–Crippen MR) is 52.7 cm³/mol. The first-order valence-electron chi connectivity index (χ1n) is 5.36. The first-order chi connectivity index (χ1) is 6.68. The molecule has 2 heterocycles. The summed E-state index contributed by atoms with van der Waals surface area (Å²) in [5.41, 5.74) is 0. The standard InChI is InChI=1S/C10H18N2O2/c1-7-4-11-5-9(7)10(14)12-3-2-8(13)6-12/h7-9,11,13H,2-6H2,1H3/t7?,8-,9?/m1/s1. The Morgan fingerprint density at radius 3 is 2.79 bits per heavy atom. The molecule has 2 unspecified atom stereocenters. The Balaban J connectivity index is 1.94. The average molecular weight is 198 g/mol. The van der Waals surface area contributed by atoms with E-state index in [0.29, 0.717) is 12.5 Å². The van der Waals surface area contributed by atoms with Crippen LogP contribution in [0.25, 0.3) is 0 Å². The van der Waals surface area contributed by atoms with Gasteiger partial charge in [0.25, 0.3) is 0 Å². The maximum atomic E-state index is 12.0. The quantitative estimate of drug-likeness (QED) is 0.593. The number of nitrogens with zero attached hydrogens (tertiary/aromatic N) is 1. The van der Waals surface area contributed by atoms with Gasteiger partial charge in [0, 0.05) is 19.6 Å². The summed E-state index contributed by atoms with van der Waals surface area (Å²) in [6, 6.07) is 0. The van der Waals surface area contributed by atoms with Crippen LogP contribution >= 0.6 is 0 Å². The molecule has 3 atom stereocenters.